The van der Waals surface area contributed by atoms with Crippen molar-refractivity contribution in [3.8, 4) is 5.88 Å². The van der Waals surface area contributed by atoms with E-state index < -0.39 is 0 Å². The van der Waals surface area contributed by atoms with Crippen molar-refractivity contribution in [3.05, 3.63) is 77.7 Å². The number of carbonyl (C=O) groups is 2. The van der Waals surface area contributed by atoms with Crippen molar-refractivity contribution in [3.63, 3.8) is 0 Å². The Labute approximate surface area is 228 Å². The van der Waals surface area contributed by atoms with Gasteiger partial charge in [0.05, 0.1) is 25.0 Å². The first kappa shape index (κ1) is 26.3. The number of pyridine rings is 1. The number of ether oxygens (including phenoxy) is 1. The second-order valence-electron chi connectivity index (χ2n) is 9.98. The van der Waals surface area contributed by atoms with E-state index in [-0.39, 0.29) is 17.5 Å². The van der Waals surface area contributed by atoms with Gasteiger partial charge in [0.1, 0.15) is 0 Å². The molecule has 9 nitrogen and oxygen atoms in total. The van der Waals surface area contributed by atoms with Crippen LogP contribution in [0.4, 0.5) is 5.69 Å². The van der Waals surface area contributed by atoms with Crippen LogP contribution < -0.4 is 15.4 Å². The van der Waals surface area contributed by atoms with Crippen molar-refractivity contribution >= 4 is 28.3 Å². The van der Waals surface area contributed by atoms with Gasteiger partial charge >= 0.3 is 0 Å². The molecule has 2 aromatic carbocycles. The molecule has 0 radical (unpaired) electrons. The van der Waals surface area contributed by atoms with E-state index in [0.717, 1.165) is 35.6 Å². The molecule has 0 aliphatic heterocycles. The largest absolute Gasteiger partial charge is 0.478 e. The van der Waals surface area contributed by atoms with Gasteiger partial charge in [0.15, 0.2) is 5.69 Å². The molecule has 202 valence electrons. The van der Waals surface area contributed by atoms with Crippen LogP contribution in [0.5, 0.6) is 5.88 Å². The Hall–Kier alpha value is -4.27. The summed E-state index contributed by atoms with van der Waals surface area (Å²) in [5, 5.41) is 15.7. The molecule has 1 fully saturated rings. The van der Waals surface area contributed by atoms with Crippen molar-refractivity contribution in [2.45, 2.75) is 52.0 Å². The molecular weight excluding hydrogens is 492 g/mol. The van der Waals surface area contributed by atoms with Crippen molar-refractivity contribution in [1.29, 1.82) is 0 Å². The normalized spacial score (nSPS) is 13.8. The van der Waals surface area contributed by atoms with Crippen LogP contribution in [0.1, 0.15) is 71.9 Å². The molecule has 39 heavy (non-hydrogen) atoms. The predicted molar refractivity (Wildman–Crippen MR) is 150 cm³/mol. The van der Waals surface area contributed by atoms with Gasteiger partial charge in [-0.25, -0.2) is 9.67 Å². The Morgan fingerprint density at radius 2 is 1.82 bits per heavy atom. The molecular formula is C30H34N6O3. The quantitative estimate of drug-likeness (QED) is 0.293. The van der Waals surface area contributed by atoms with Crippen LogP contribution in [-0.4, -0.2) is 44.9 Å². The van der Waals surface area contributed by atoms with Gasteiger partial charge in [-0.1, -0.05) is 61.7 Å². The number of nitrogens with zero attached hydrogens (tertiary/aromatic N) is 4. The summed E-state index contributed by atoms with van der Waals surface area (Å²) in [5.41, 5.74) is 2.03. The summed E-state index contributed by atoms with van der Waals surface area (Å²) in [6, 6.07) is 14.9. The molecule has 5 rings (SSSR count). The van der Waals surface area contributed by atoms with Crippen LogP contribution in [0, 0.1) is 5.92 Å². The molecule has 2 N–H and O–H groups in total. The summed E-state index contributed by atoms with van der Waals surface area (Å²) in [4.78, 5) is 31.3. The van der Waals surface area contributed by atoms with Gasteiger partial charge in [0, 0.05) is 24.4 Å². The average molecular weight is 527 g/mol. The minimum Gasteiger partial charge on any atom is -0.478 e. The van der Waals surface area contributed by atoms with Gasteiger partial charge in [-0.2, -0.15) is 0 Å². The fourth-order valence-corrected chi connectivity index (χ4v) is 5.09. The summed E-state index contributed by atoms with van der Waals surface area (Å²) in [6.45, 7) is 3.64. The second kappa shape index (κ2) is 12.5. The van der Waals surface area contributed by atoms with E-state index in [1.807, 2.05) is 37.3 Å². The van der Waals surface area contributed by atoms with Crippen LogP contribution in [-0.2, 0) is 6.54 Å². The van der Waals surface area contributed by atoms with Gasteiger partial charge < -0.3 is 15.4 Å². The number of hydrogen-bond acceptors (Lipinski definition) is 6. The number of nitrogens with one attached hydrogen (secondary N) is 2. The van der Waals surface area contributed by atoms with Crippen LogP contribution >= 0.6 is 0 Å². The van der Waals surface area contributed by atoms with Crippen LogP contribution in [0.3, 0.4) is 0 Å². The number of benzene rings is 2. The third-order valence-corrected chi connectivity index (χ3v) is 7.13. The summed E-state index contributed by atoms with van der Waals surface area (Å²) >= 11 is 0. The highest BCUT2D eigenvalue weighted by atomic mass is 16.5. The molecule has 1 aliphatic rings. The zero-order valence-corrected chi connectivity index (χ0v) is 22.2. The summed E-state index contributed by atoms with van der Waals surface area (Å²) in [7, 11) is 0. The van der Waals surface area contributed by atoms with Gasteiger partial charge in [0.25, 0.3) is 11.8 Å². The number of fused-ring (bicyclic) bond motifs is 1. The fourth-order valence-electron chi connectivity index (χ4n) is 5.09. The first-order valence-corrected chi connectivity index (χ1v) is 13.7. The van der Waals surface area contributed by atoms with E-state index in [4.69, 9.17) is 4.74 Å². The van der Waals surface area contributed by atoms with E-state index in [2.05, 4.69) is 25.9 Å². The zero-order valence-electron chi connectivity index (χ0n) is 22.2. The van der Waals surface area contributed by atoms with Crippen molar-refractivity contribution < 1.29 is 14.3 Å². The van der Waals surface area contributed by atoms with Crippen LogP contribution in [0.25, 0.3) is 10.8 Å². The number of amides is 2. The Kier molecular flexibility index (Phi) is 8.45. The molecule has 1 saturated carbocycles. The molecule has 4 aromatic rings. The minimum atomic E-state index is -0.316. The van der Waals surface area contributed by atoms with E-state index in [9.17, 15) is 9.59 Å². The molecule has 2 heterocycles. The van der Waals surface area contributed by atoms with Gasteiger partial charge in [-0.15, -0.1) is 5.10 Å². The van der Waals surface area contributed by atoms with Gasteiger partial charge in [-0.3, -0.25) is 9.59 Å². The maximum atomic E-state index is 13.6. The van der Waals surface area contributed by atoms with Crippen molar-refractivity contribution in [2.24, 2.45) is 5.92 Å². The van der Waals surface area contributed by atoms with Crippen molar-refractivity contribution in [1.82, 2.24) is 25.3 Å². The molecule has 2 amide bonds. The van der Waals surface area contributed by atoms with E-state index in [1.54, 1.807) is 35.3 Å². The summed E-state index contributed by atoms with van der Waals surface area (Å²) in [6.07, 6.45) is 10.2. The van der Waals surface area contributed by atoms with Crippen LogP contribution in [0.15, 0.2) is 60.9 Å². The molecule has 0 spiro atoms. The lowest BCUT2D eigenvalue weighted by Crippen LogP contribution is -2.31. The maximum absolute atomic E-state index is 13.6. The number of hydrogen-bond donors (Lipinski definition) is 2. The smallest absolute Gasteiger partial charge is 0.272 e. The molecule has 2 aromatic heterocycles. The maximum Gasteiger partial charge on any atom is 0.272 e. The van der Waals surface area contributed by atoms with Gasteiger partial charge in [0.2, 0.25) is 5.88 Å². The Morgan fingerprint density at radius 1 is 1.00 bits per heavy atom. The van der Waals surface area contributed by atoms with E-state index >= 15 is 0 Å². The number of aromatic nitrogens is 4. The summed E-state index contributed by atoms with van der Waals surface area (Å²) in [5.74, 6) is 0.206. The lowest BCUT2D eigenvalue weighted by atomic mass is 9.89. The Morgan fingerprint density at radius 3 is 2.59 bits per heavy atom. The molecule has 0 bridgehead atoms. The summed E-state index contributed by atoms with van der Waals surface area (Å²) < 4.78 is 7.43. The second-order valence-corrected chi connectivity index (χ2v) is 9.98. The lowest BCUT2D eigenvalue weighted by molar-refractivity contribution is 0.0938. The topological polar surface area (TPSA) is 111 Å². The molecule has 1 aliphatic carbocycles. The van der Waals surface area contributed by atoms with E-state index in [0.29, 0.717) is 42.7 Å². The molecule has 0 unspecified atom stereocenters. The number of carbonyl (C=O) groups excluding carboxylic acids is 2. The standard InChI is InChI=1S/C30H34N6O3/c1-2-18-39-27-15-14-26(28(34-27)30(38)31-19-21-8-4-3-5-9-21)33-29(37)25-13-12-22(20-36-17-16-32-35-36)23-10-6-7-11-24(23)25/h6-7,10-17,21H,2-5,8-9,18-20H2,1H3,(H,31,38)(H,33,37). The fraction of sp³-hybridized carbons (Fsp3) is 0.367. The predicted octanol–water partition coefficient (Wildman–Crippen LogP) is 5.23. The van der Waals surface area contributed by atoms with Crippen LogP contribution in [0.2, 0.25) is 0 Å². The highest BCUT2D eigenvalue weighted by molar-refractivity contribution is 6.15. The molecule has 9 heteroatoms. The third-order valence-electron chi connectivity index (χ3n) is 7.13. The third kappa shape index (κ3) is 6.42. The Bertz CT molecular complexity index is 1430. The average Bonchev–Trinajstić information content (AvgIpc) is 3.49. The first-order chi connectivity index (χ1) is 19.1. The van der Waals surface area contributed by atoms with Crippen molar-refractivity contribution in [2.75, 3.05) is 18.5 Å². The first-order valence-electron chi connectivity index (χ1n) is 13.7. The molecule has 0 atom stereocenters. The lowest BCUT2D eigenvalue weighted by Gasteiger charge is -2.22. The SMILES string of the molecule is CCCOc1ccc(NC(=O)c2ccc(Cn3ccnn3)c3ccccc23)c(C(=O)NCC2CCCCC2)n1. The number of rotatable bonds is 10. The number of anilines is 1. The van der Waals surface area contributed by atoms with Gasteiger partial charge in [-0.05, 0) is 53.6 Å². The Balaban J connectivity index is 1.40. The highest BCUT2D eigenvalue weighted by Crippen LogP contribution is 2.27. The molecule has 0 saturated heterocycles. The monoisotopic (exact) mass is 526 g/mol. The minimum absolute atomic E-state index is 0.153. The zero-order chi connectivity index (χ0) is 27.0. The highest BCUT2D eigenvalue weighted by Gasteiger charge is 2.21. The van der Waals surface area contributed by atoms with E-state index in [1.165, 1.54) is 19.3 Å².